The van der Waals surface area contributed by atoms with E-state index in [0.717, 1.165) is 18.7 Å². The van der Waals surface area contributed by atoms with Crippen molar-refractivity contribution < 1.29 is 0 Å². The number of nitrogens with zero attached hydrogens (tertiary/aromatic N) is 3. The Bertz CT molecular complexity index is 257. The minimum atomic E-state index is 0.556. The van der Waals surface area contributed by atoms with Crippen molar-refractivity contribution in [2.45, 2.75) is 26.3 Å². The molecule has 0 bridgehead atoms. The first-order valence-corrected chi connectivity index (χ1v) is 3.76. The van der Waals surface area contributed by atoms with Crippen LogP contribution < -0.4 is 0 Å². The van der Waals surface area contributed by atoms with Crippen LogP contribution >= 0.6 is 0 Å². The van der Waals surface area contributed by atoms with Crippen molar-refractivity contribution in [3.05, 3.63) is 18.0 Å². The van der Waals surface area contributed by atoms with E-state index in [1.54, 1.807) is 0 Å². The molecule has 11 heavy (non-hydrogen) atoms. The third-order valence-electron chi connectivity index (χ3n) is 1.51. The molecule has 0 aliphatic rings. The summed E-state index contributed by atoms with van der Waals surface area (Å²) in [6.07, 6.45) is 3.26. The molecule has 58 valence electrons. The number of hydrogen-bond acceptors (Lipinski definition) is 2. The van der Waals surface area contributed by atoms with Crippen LogP contribution in [-0.2, 0) is 13.0 Å². The average Bonchev–Trinajstić information content (AvgIpc) is 2.48. The van der Waals surface area contributed by atoms with Gasteiger partial charge < -0.3 is 0 Å². The number of hydrogen-bond donors (Lipinski definition) is 0. The van der Waals surface area contributed by atoms with Crippen LogP contribution in [-0.4, -0.2) is 9.78 Å². The molecule has 3 heteroatoms. The molecule has 0 fully saturated rings. The van der Waals surface area contributed by atoms with Crippen LogP contribution in [0.3, 0.4) is 0 Å². The van der Waals surface area contributed by atoms with Crippen molar-refractivity contribution in [2.75, 3.05) is 0 Å². The summed E-state index contributed by atoms with van der Waals surface area (Å²) in [6, 6.07) is 4.05. The molecule has 0 aromatic carbocycles. The quantitative estimate of drug-likeness (QED) is 0.651. The topological polar surface area (TPSA) is 41.6 Å². The van der Waals surface area contributed by atoms with Gasteiger partial charge >= 0.3 is 0 Å². The van der Waals surface area contributed by atoms with Crippen LogP contribution in [0.5, 0.6) is 0 Å². The molecule has 0 saturated heterocycles. The summed E-state index contributed by atoms with van der Waals surface area (Å²) in [5, 5.41) is 12.5. The van der Waals surface area contributed by atoms with Gasteiger partial charge in [-0.25, -0.2) is 0 Å². The van der Waals surface area contributed by atoms with Gasteiger partial charge in [0.05, 0.1) is 11.8 Å². The molecule has 0 spiro atoms. The molecule has 0 aliphatic heterocycles. The van der Waals surface area contributed by atoms with E-state index in [4.69, 9.17) is 5.26 Å². The Hall–Kier alpha value is -1.30. The molecule has 0 unspecified atom stereocenters. The van der Waals surface area contributed by atoms with Gasteiger partial charge in [-0.15, -0.1) is 0 Å². The molecule has 0 radical (unpaired) electrons. The van der Waals surface area contributed by atoms with Crippen molar-refractivity contribution in [1.82, 2.24) is 9.78 Å². The summed E-state index contributed by atoms with van der Waals surface area (Å²) in [7, 11) is 0. The molecule has 0 atom stereocenters. The molecule has 1 heterocycles. The first-order chi connectivity index (χ1) is 5.36. The van der Waals surface area contributed by atoms with E-state index >= 15 is 0 Å². The first-order valence-electron chi connectivity index (χ1n) is 3.76. The molecule has 1 rings (SSSR count). The fraction of sp³-hybridized carbons (Fsp3) is 0.500. The largest absolute Gasteiger partial charge is 0.273 e. The van der Waals surface area contributed by atoms with Gasteiger partial charge in [-0.05, 0) is 13.0 Å². The Morgan fingerprint density at radius 1 is 1.73 bits per heavy atom. The highest BCUT2D eigenvalue weighted by Gasteiger charge is 1.95. The van der Waals surface area contributed by atoms with Gasteiger partial charge in [0.15, 0.2) is 0 Å². The lowest BCUT2D eigenvalue weighted by Crippen LogP contribution is -1.95. The van der Waals surface area contributed by atoms with E-state index in [9.17, 15) is 0 Å². The van der Waals surface area contributed by atoms with Gasteiger partial charge in [-0.3, -0.25) is 4.68 Å². The molecule has 0 N–H and O–H groups in total. The van der Waals surface area contributed by atoms with E-state index in [0.29, 0.717) is 6.42 Å². The van der Waals surface area contributed by atoms with Crippen LogP contribution in [0.1, 0.15) is 19.0 Å². The fourth-order valence-corrected chi connectivity index (χ4v) is 0.897. The lowest BCUT2D eigenvalue weighted by atomic mass is 10.2. The summed E-state index contributed by atoms with van der Waals surface area (Å²) in [5.41, 5.74) is 1.01. The zero-order chi connectivity index (χ0) is 8.10. The minimum absolute atomic E-state index is 0.556. The average molecular weight is 149 g/mol. The molecule has 0 aliphatic carbocycles. The fourth-order valence-electron chi connectivity index (χ4n) is 0.897. The SMILES string of the molecule is CCn1ccc(CCC#N)n1. The molecule has 1 aromatic rings. The Labute approximate surface area is 66.3 Å². The number of nitriles is 1. The van der Waals surface area contributed by atoms with Gasteiger partial charge in [0.2, 0.25) is 0 Å². The maximum absolute atomic E-state index is 8.31. The first kappa shape index (κ1) is 7.80. The minimum Gasteiger partial charge on any atom is -0.273 e. The Kier molecular flexibility index (Phi) is 2.67. The highest BCUT2D eigenvalue weighted by molar-refractivity contribution is 5.00. The van der Waals surface area contributed by atoms with E-state index in [1.807, 2.05) is 23.9 Å². The highest BCUT2D eigenvalue weighted by atomic mass is 15.3. The third-order valence-corrected chi connectivity index (χ3v) is 1.51. The maximum atomic E-state index is 8.31. The van der Waals surface area contributed by atoms with Crippen molar-refractivity contribution >= 4 is 0 Å². The van der Waals surface area contributed by atoms with Gasteiger partial charge in [-0.2, -0.15) is 10.4 Å². The van der Waals surface area contributed by atoms with Crippen LogP contribution in [0.25, 0.3) is 0 Å². The normalized spacial score (nSPS) is 9.45. The zero-order valence-electron chi connectivity index (χ0n) is 6.62. The van der Waals surface area contributed by atoms with E-state index in [1.165, 1.54) is 0 Å². The predicted molar refractivity (Wildman–Crippen MR) is 41.8 cm³/mol. The number of rotatable bonds is 3. The summed E-state index contributed by atoms with van der Waals surface area (Å²) in [4.78, 5) is 0. The highest BCUT2D eigenvalue weighted by Crippen LogP contribution is 1.98. The van der Waals surface area contributed by atoms with Crippen LogP contribution in [0, 0.1) is 11.3 Å². The van der Waals surface area contributed by atoms with Gasteiger partial charge in [-0.1, -0.05) is 0 Å². The summed E-state index contributed by atoms with van der Waals surface area (Å²) in [6.45, 7) is 2.94. The van der Waals surface area contributed by atoms with Crippen LogP contribution in [0.15, 0.2) is 12.3 Å². The van der Waals surface area contributed by atoms with Crippen LogP contribution in [0.4, 0.5) is 0 Å². The summed E-state index contributed by atoms with van der Waals surface area (Å²) >= 11 is 0. The Morgan fingerprint density at radius 2 is 2.55 bits per heavy atom. The lowest BCUT2D eigenvalue weighted by molar-refractivity contribution is 0.646. The smallest absolute Gasteiger partial charge is 0.0634 e. The molecule has 0 amide bonds. The van der Waals surface area contributed by atoms with Gasteiger partial charge in [0.25, 0.3) is 0 Å². The molecule has 3 nitrogen and oxygen atoms in total. The summed E-state index contributed by atoms with van der Waals surface area (Å²) in [5.74, 6) is 0. The number of aryl methyl sites for hydroxylation is 2. The second kappa shape index (κ2) is 3.77. The Balaban J connectivity index is 2.53. The van der Waals surface area contributed by atoms with Gasteiger partial charge in [0.1, 0.15) is 0 Å². The van der Waals surface area contributed by atoms with Crippen molar-refractivity contribution in [3.63, 3.8) is 0 Å². The molecular weight excluding hydrogens is 138 g/mol. The zero-order valence-corrected chi connectivity index (χ0v) is 6.62. The molecular formula is C8H11N3. The predicted octanol–water partition coefficient (Wildman–Crippen LogP) is 1.36. The standard InChI is InChI=1S/C8H11N3/c1-2-11-7-5-8(10-11)4-3-6-9/h5,7H,2-4H2,1H3. The van der Waals surface area contributed by atoms with Crippen LogP contribution in [0.2, 0.25) is 0 Å². The third kappa shape index (κ3) is 2.08. The number of aromatic nitrogens is 2. The monoisotopic (exact) mass is 149 g/mol. The van der Waals surface area contributed by atoms with Crippen molar-refractivity contribution in [2.24, 2.45) is 0 Å². The second-order valence-corrected chi connectivity index (χ2v) is 2.32. The van der Waals surface area contributed by atoms with E-state index in [2.05, 4.69) is 11.2 Å². The van der Waals surface area contributed by atoms with Crippen molar-refractivity contribution in [3.8, 4) is 6.07 Å². The summed E-state index contributed by atoms with van der Waals surface area (Å²) < 4.78 is 1.87. The van der Waals surface area contributed by atoms with E-state index < -0.39 is 0 Å². The lowest BCUT2D eigenvalue weighted by Gasteiger charge is -1.91. The molecule has 0 saturated carbocycles. The van der Waals surface area contributed by atoms with Gasteiger partial charge in [0, 0.05) is 25.6 Å². The molecule has 1 aromatic heterocycles. The second-order valence-electron chi connectivity index (χ2n) is 2.32. The maximum Gasteiger partial charge on any atom is 0.0634 e. The van der Waals surface area contributed by atoms with Crippen molar-refractivity contribution in [1.29, 1.82) is 5.26 Å². The Morgan fingerprint density at radius 3 is 3.09 bits per heavy atom. The van der Waals surface area contributed by atoms with E-state index in [-0.39, 0.29) is 0 Å².